The number of pyridine rings is 2. The first-order chi connectivity index (χ1) is 15.6. The third-order valence-corrected chi connectivity index (χ3v) is 5.47. The Labute approximate surface area is 186 Å². The molecule has 3 aromatic heterocycles. The van der Waals surface area contributed by atoms with Crippen molar-refractivity contribution in [2.75, 3.05) is 37.7 Å². The summed E-state index contributed by atoms with van der Waals surface area (Å²) in [4.78, 5) is 37.8. The summed E-state index contributed by atoms with van der Waals surface area (Å²) in [5.41, 5.74) is 1.79. The van der Waals surface area contributed by atoms with Crippen LogP contribution in [0.2, 0.25) is 0 Å². The highest BCUT2D eigenvalue weighted by atomic mass is 16.5. The summed E-state index contributed by atoms with van der Waals surface area (Å²) in [6.45, 7) is 6.66. The van der Waals surface area contributed by atoms with Crippen LogP contribution in [-0.4, -0.2) is 69.3 Å². The van der Waals surface area contributed by atoms with Crippen LogP contribution in [0.5, 0.6) is 0 Å². The molecule has 0 aromatic carbocycles. The molecule has 166 valence electrons. The molecule has 0 radical (unpaired) electrons. The second kappa shape index (κ2) is 9.59. The third-order valence-electron chi connectivity index (χ3n) is 5.47. The number of rotatable bonds is 5. The smallest absolute Gasteiger partial charge is 0.339 e. The normalized spacial score (nSPS) is 14.2. The van der Waals surface area contributed by atoms with Crippen molar-refractivity contribution in [3.63, 3.8) is 0 Å². The van der Waals surface area contributed by atoms with E-state index in [1.54, 1.807) is 30.1 Å². The molecule has 1 aliphatic rings. The maximum absolute atomic E-state index is 13.2. The van der Waals surface area contributed by atoms with Crippen LogP contribution in [0.1, 0.15) is 39.8 Å². The Morgan fingerprint density at radius 3 is 2.59 bits per heavy atom. The molecule has 1 aliphatic heterocycles. The van der Waals surface area contributed by atoms with Crippen molar-refractivity contribution in [2.45, 2.75) is 20.3 Å². The van der Waals surface area contributed by atoms with Crippen LogP contribution in [0.4, 0.5) is 5.82 Å². The van der Waals surface area contributed by atoms with Gasteiger partial charge in [-0.3, -0.25) is 4.79 Å². The maximum atomic E-state index is 13.2. The number of ether oxygens (including phenoxy) is 1. The molecule has 9 nitrogen and oxygen atoms in total. The van der Waals surface area contributed by atoms with E-state index < -0.39 is 0 Å². The number of amides is 1. The zero-order valence-electron chi connectivity index (χ0n) is 18.3. The molecule has 0 spiro atoms. The Morgan fingerprint density at radius 1 is 1.00 bits per heavy atom. The van der Waals surface area contributed by atoms with E-state index in [0.29, 0.717) is 43.2 Å². The minimum atomic E-state index is -0.374. The zero-order valence-corrected chi connectivity index (χ0v) is 18.3. The molecule has 0 unspecified atom stereocenters. The SMILES string of the molecule is CCOC(=O)c1ccc(N2CCCN(C(=O)c3cnn(-c4ccccn4)c3C)CC2)nc1. The van der Waals surface area contributed by atoms with Crippen molar-refractivity contribution in [3.8, 4) is 5.82 Å². The van der Waals surface area contributed by atoms with Gasteiger partial charge in [-0.25, -0.2) is 19.4 Å². The van der Waals surface area contributed by atoms with Gasteiger partial charge in [0.1, 0.15) is 5.82 Å². The first kappa shape index (κ1) is 21.5. The fourth-order valence-corrected chi connectivity index (χ4v) is 3.76. The highest BCUT2D eigenvalue weighted by Crippen LogP contribution is 2.18. The zero-order chi connectivity index (χ0) is 22.5. The molecular formula is C23H26N6O3. The molecule has 0 N–H and O–H groups in total. The van der Waals surface area contributed by atoms with Crippen molar-refractivity contribution in [1.29, 1.82) is 0 Å². The quantitative estimate of drug-likeness (QED) is 0.570. The van der Waals surface area contributed by atoms with Crippen LogP contribution in [0, 0.1) is 6.92 Å². The summed E-state index contributed by atoms with van der Waals surface area (Å²) in [6.07, 6.45) is 5.68. The Balaban J connectivity index is 1.43. The second-order valence-corrected chi connectivity index (χ2v) is 7.50. The lowest BCUT2D eigenvalue weighted by molar-refractivity contribution is 0.0525. The third kappa shape index (κ3) is 4.46. The Hall–Kier alpha value is -3.75. The number of aromatic nitrogens is 4. The first-order valence-electron chi connectivity index (χ1n) is 10.7. The van der Waals surface area contributed by atoms with Crippen LogP contribution in [-0.2, 0) is 4.74 Å². The predicted molar refractivity (Wildman–Crippen MR) is 119 cm³/mol. The predicted octanol–water partition coefficient (Wildman–Crippen LogP) is 2.50. The van der Waals surface area contributed by atoms with Gasteiger partial charge in [-0.2, -0.15) is 5.10 Å². The summed E-state index contributed by atoms with van der Waals surface area (Å²) in [5, 5.41) is 4.37. The van der Waals surface area contributed by atoms with Crippen LogP contribution in [0.25, 0.3) is 5.82 Å². The Bertz CT molecular complexity index is 1080. The number of hydrogen-bond donors (Lipinski definition) is 0. The molecule has 1 saturated heterocycles. The van der Waals surface area contributed by atoms with Crippen LogP contribution < -0.4 is 4.90 Å². The van der Waals surface area contributed by atoms with Crippen LogP contribution in [0.15, 0.2) is 48.9 Å². The van der Waals surface area contributed by atoms with Crippen molar-refractivity contribution in [3.05, 3.63) is 65.7 Å². The van der Waals surface area contributed by atoms with Gasteiger partial charge < -0.3 is 14.5 Å². The van der Waals surface area contributed by atoms with Gasteiger partial charge in [-0.05, 0) is 44.5 Å². The molecule has 0 bridgehead atoms. The van der Waals surface area contributed by atoms with Gasteiger partial charge in [-0.1, -0.05) is 6.07 Å². The summed E-state index contributed by atoms with van der Waals surface area (Å²) < 4.78 is 6.69. The molecule has 4 rings (SSSR count). The fourth-order valence-electron chi connectivity index (χ4n) is 3.76. The van der Waals surface area contributed by atoms with E-state index in [1.165, 1.54) is 6.20 Å². The van der Waals surface area contributed by atoms with Crippen molar-refractivity contribution >= 4 is 17.7 Å². The van der Waals surface area contributed by atoms with Gasteiger partial charge in [0, 0.05) is 38.6 Å². The van der Waals surface area contributed by atoms with Gasteiger partial charge >= 0.3 is 5.97 Å². The van der Waals surface area contributed by atoms with Gasteiger partial charge in [0.15, 0.2) is 5.82 Å². The summed E-state index contributed by atoms with van der Waals surface area (Å²) in [5.74, 6) is 1.06. The number of esters is 1. The monoisotopic (exact) mass is 434 g/mol. The van der Waals surface area contributed by atoms with Crippen LogP contribution >= 0.6 is 0 Å². The highest BCUT2D eigenvalue weighted by Gasteiger charge is 2.24. The van der Waals surface area contributed by atoms with E-state index in [4.69, 9.17) is 4.74 Å². The lowest BCUT2D eigenvalue weighted by Gasteiger charge is -2.23. The fraction of sp³-hybridized carbons (Fsp3) is 0.348. The van der Waals surface area contributed by atoms with E-state index in [0.717, 1.165) is 24.5 Å². The number of carbonyl (C=O) groups is 2. The van der Waals surface area contributed by atoms with Gasteiger partial charge in [0.05, 0.1) is 29.6 Å². The lowest BCUT2D eigenvalue weighted by atomic mass is 10.2. The number of hydrogen-bond acceptors (Lipinski definition) is 7. The minimum Gasteiger partial charge on any atom is -0.462 e. The minimum absolute atomic E-state index is 0.0304. The molecule has 9 heteroatoms. The standard InChI is InChI=1S/C23H26N6O3/c1-3-32-23(31)18-8-9-20(25-15-18)27-11-6-12-28(14-13-27)22(30)19-16-26-29(17(19)2)21-7-4-5-10-24-21/h4-5,7-10,15-16H,3,6,11-14H2,1-2H3. The molecule has 0 atom stereocenters. The molecule has 0 saturated carbocycles. The molecule has 1 fully saturated rings. The van der Waals surface area contributed by atoms with Crippen molar-refractivity contribution in [2.24, 2.45) is 0 Å². The average molecular weight is 435 g/mol. The van der Waals surface area contributed by atoms with Crippen LogP contribution in [0.3, 0.4) is 0 Å². The molecule has 32 heavy (non-hydrogen) atoms. The first-order valence-corrected chi connectivity index (χ1v) is 10.7. The Kier molecular flexibility index (Phi) is 6.44. The van der Waals surface area contributed by atoms with E-state index in [1.807, 2.05) is 36.1 Å². The lowest BCUT2D eigenvalue weighted by Crippen LogP contribution is -2.35. The maximum Gasteiger partial charge on any atom is 0.339 e. The number of carbonyl (C=O) groups excluding carboxylic acids is 2. The van der Waals surface area contributed by atoms with Crippen molar-refractivity contribution in [1.82, 2.24) is 24.6 Å². The highest BCUT2D eigenvalue weighted by molar-refractivity contribution is 5.95. The number of nitrogens with zero attached hydrogens (tertiary/aromatic N) is 6. The van der Waals surface area contributed by atoms with E-state index >= 15 is 0 Å². The topological polar surface area (TPSA) is 93.5 Å². The number of anilines is 1. The van der Waals surface area contributed by atoms with Gasteiger partial charge in [0.25, 0.3) is 5.91 Å². The van der Waals surface area contributed by atoms with Gasteiger partial charge in [-0.15, -0.1) is 0 Å². The average Bonchev–Trinajstić information content (AvgIpc) is 3.04. The van der Waals surface area contributed by atoms with E-state index in [9.17, 15) is 9.59 Å². The van der Waals surface area contributed by atoms with Crippen molar-refractivity contribution < 1.29 is 14.3 Å². The molecule has 4 heterocycles. The summed E-state index contributed by atoms with van der Waals surface area (Å²) in [6, 6.07) is 9.14. The van der Waals surface area contributed by atoms with E-state index in [2.05, 4.69) is 20.0 Å². The Morgan fingerprint density at radius 2 is 1.88 bits per heavy atom. The summed E-state index contributed by atoms with van der Waals surface area (Å²) >= 11 is 0. The molecule has 0 aliphatic carbocycles. The second-order valence-electron chi connectivity index (χ2n) is 7.50. The van der Waals surface area contributed by atoms with E-state index in [-0.39, 0.29) is 11.9 Å². The molecular weight excluding hydrogens is 408 g/mol. The largest absolute Gasteiger partial charge is 0.462 e. The molecule has 1 amide bonds. The summed E-state index contributed by atoms with van der Waals surface area (Å²) in [7, 11) is 0. The molecule has 3 aromatic rings. The van der Waals surface area contributed by atoms with Gasteiger partial charge in [0.2, 0.25) is 0 Å².